The van der Waals surface area contributed by atoms with Crippen molar-refractivity contribution in [2.75, 3.05) is 12.2 Å². The molecule has 0 saturated heterocycles. The lowest BCUT2D eigenvalue weighted by Gasteiger charge is -2.42. The molecule has 1 nitrogen and oxygen atoms in total. The predicted molar refractivity (Wildman–Crippen MR) is 66.6 cm³/mol. The van der Waals surface area contributed by atoms with Crippen LogP contribution in [0, 0.1) is 5.41 Å². The third kappa shape index (κ3) is 3.86. The van der Waals surface area contributed by atoms with E-state index in [4.69, 9.17) is 7.85 Å². The summed E-state index contributed by atoms with van der Waals surface area (Å²) >= 11 is 1.65. The summed E-state index contributed by atoms with van der Waals surface area (Å²) in [6.07, 6.45) is 9.84. The Labute approximate surface area is 94.3 Å². The van der Waals surface area contributed by atoms with Crippen LogP contribution in [-0.2, 0) is 0 Å². The molecule has 1 aliphatic rings. The summed E-state index contributed by atoms with van der Waals surface area (Å²) in [4.78, 5) is 0. The largest absolute Gasteiger partial charge is 0.264 e. The molecule has 0 aromatic heterocycles. The van der Waals surface area contributed by atoms with Crippen LogP contribution in [0.5, 0.6) is 0 Å². The summed E-state index contributed by atoms with van der Waals surface area (Å²) < 4.78 is 3.40. The van der Waals surface area contributed by atoms with Crippen LogP contribution in [0.25, 0.3) is 0 Å². The van der Waals surface area contributed by atoms with E-state index < -0.39 is 0 Å². The first-order chi connectivity index (χ1) is 6.83. The van der Waals surface area contributed by atoms with E-state index in [1.807, 2.05) is 0 Å². The van der Waals surface area contributed by atoms with Crippen molar-refractivity contribution in [2.24, 2.45) is 5.41 Å². The maximum absolute atomic E-state index is 5.44. The third-order valence-corrected chi connectivity index (χ3v) is 3.87. The van der Waals surface area contributed by atoms with Crippen molar-refractivity contribution in [3.8, 4) is 0 Å². The summed E-state index contributed by atoms with van der Waals surface area (Å²) in [5.41, 5.74) is 1.32. The van der Waals surface area contributed by atoms with Crippen molar-refractivity contribution in [1.29, 1.82) is 0 Å². The number of hydrogen-bond acceptors (Lipinski definition) is 2. The van der Waals surface area contributed by atoms with Crippen LogP contribution in [0.15, 0.2) is 0 Å². The average Bonchev–Trinajstić information content (AvgIpc) is 2.13. The normalized spacial score (nSPS) is 19.2. The molecule has 2 radical (unpaired) electrons. The fourth-order valence-electron chi connectivity index (χ4n) is 2.20. The minimum Gasteiger partial charge on any atom is -0.264 e. The van der Waals surface area contributed by atoms with Crippen LogP contribution in [0.4, 0.5) is 0 Å². The second-order valence-electron chi connectivity index (χ2n) is 4.44. The average molecular weight is 211 g/mol. The fraction of sp³-hybridized carbons (Fsp3) is 1.00. The van der Waals surface area contributed by atoms with E-state index in [9.17, 15) is 0 Å². The van der Waals surface area contributed by atoms with Gasteiger partial charge >= 0.3 is 0 Å². The van der Waals surface area contributed by atoms with E-state index in [0.29, 0.717) is 11.1 Å². The number of nitrogens with one attached hydrogen (secondary N) is 1. The Balaban J connectivity index is 2.13. The van der Waals surface area contributed by atoms with E-state index >= 15 is 0 Å². The standard InChI is InChI=1S/C11H22BNS/c1-2-3-4-6-11(7-5-8-11)9-13-14-10-12/h13H,2-10H2,1H3. The zero-order valence-electron chi connectivity index (χ0n) is 9.35. The van der Waals surface area contributed by atoms with E-state index in [0.717, 1.165) is 0 Å². The smallest absolute Gasteiger partial charge is 0.0817 e. The molecule has 0 aromatic rings. The molecule has 3 heteroatoms. The SMILES string of the molecule is [B]CSNCC1(CCCCC)CCC1. The van der Waals surface area contributed by atoms with Crippen molar-refractivity contribution in [3.63, 3.8) is 0 Å². The van der Waals surface area contributed by atoms with Gasteiger partial charge in [0, 0.05) is 6.54 Å². The zero-order chi connectivity index (χ0) is 10.3. The highest BCUT2D eigenvalue weighted by atomic mass is 32.2. The van der Waals surface area contributed by atoms with Gasteiger partial charge in [-0.15, -0.1) is 0 Å². The first kappa shape index (κ1) is 12.4. The first-order valence-electron chi connectivity index (χ1n) is 5.88. The lowest BCUT2D eigenvalue weighted by molar-refractivity contribution is 0.122. The molecular weight excluding hydrogens is 189 g/mol. The van der Waals surface area contributed by atoms with Crippen LogP contribution in [0.2, 0.25) is 0 Å². The monoisotopic (exact) mass is 211 g/mol. The Bertz CT molecular complexity index is 136. The summed E-state index contributed by atoms with van der Waals surface area (Å²) in [7, 11) is 5.44. The van der Waals surface area contributed by atoms with Crippen molar-refractivity contribution >= 4 is 19.8 Å². The molecule has 0 unspecified atom stereocenters. The van der Waals surface area contributed by atoms with Crippen molar-refractivity contribution in [2.45, 2.75) is 51.9 Å². The summed E-state index contributed by atoms with van der Waals surface area (Å²) in [6.45, 7) is 3.44. The molecular formula is C11H22BNS. The summed E-state index contributed by atoms with van der Waals surface area (Å²) in [6, 6.07) is 0. The molecule has 0 spiro atoms. The Kier molecular flexibility index (Phi) is 6.03. The molecule has 0 heterocycles. The van der Waals surface area contributed by atoms with E-state index in [1.54, 1.807) is 11.9 Å². The highest BCUT2D eigenvalue weighted by Crippen LogP contribution is 2.44. The van der Waals surface area contributed by atoms with Crippen LogP contribution < -0.4 is 4.72 Å². The number of hydrogen-bond donors (Lipinski definition) is 1. The van der Waals surface area contributed by atoms with Gasteiger partial charge in [-0.05, 0) is 30.3 Å². The molecule has 0 atom stereocenters. The van der Waals surface area contributed by atoms with Gasteiger partial charge in [0.05, 0.1) is 7.85 Å². The van der Waals surface area contributed by atoms with Crippen LogP contribution in [-0.4, -0.2) is 20.0 Å². The van der Waals surface area contributed by atoms with E-state index in [-0.39, 0.29) is 0 Å². The van der Waals surface area contributed by atoms with Gasteiger partial charge in [-0.1, -0.05) is 44.6 Å². The van der Waals surface area contributed by atoms with Gasteiger partial charge in [-0.25, -0.2) is 0 Å². The molecule has 0 bridgehead atoms. The Morgan fingerprint density at radius 1 is 1.36 bits per heavy atom. The van der Waals surface area contributed by atoms with E-state index in [1.165, 1.54) is 51.5 Å². The fourth-order valence-corrected chi connectivity index (χ4v) is 2.73. The van der Waals surface area contributed by atoms with Crippen LogP contribution in [0.3, 0.4) is 0 Å². The van der Waals surface area contributed by atoms with Crippen LogP contribution >= 0.6 is 11.9 Å². The molecule has 80 valence electrons. The minimum atomic E-state index is 0.636. The third-order valence-electron chi connectivity index (χ3n) is 3.36. The van der Waals surface area contributed by atoms with Crippen molar-refractivity contribution in [3.05, 3.63) is 0 Å². The van der Waals surface area contributed by atoms with Gasteiger partial charge in [0.25, 0.3) is 0 Å². The lowest BCUT2D eigenvalue weighted by Crippen LogP contribution is -2.38. The molecule has 0 aromatic carbocycles. The number of unbranched alkanes of at least 4 members (excludes halogenated alkanes) is 2. The second kappa shape index (κ2) is 6.78. The molecule has 1 fully saturated rings. The Hall–Kier alpha value is 0.375. The maximum atomic E-state index is 5.44. The van der Waals surface area contributed by atoms with Crippen molar-refractivity contribution < 1.29 is 0 Å². The van der Waals surface area contributed by atoms with Crippen molar-refractivity contribution in [1.82, 2.24) is 4.72 Å². The molecule has 0 amide bonds. The topological polar surface area (TPSA) is 12.0 Å². The quantitative estimate of drug-likeness (QED) is 0.376. The molecule has 1 aliphatic carbocycles. The maximum Gasteiger partial charge on any atom is 0.0817 e. The van der Waals surface area contributed by atoms with Gasteiger partial charge in [0.2, 0.25) is 0 Å². The lowest BCUT2D eigenvalue weighted by atomic mass is 9.66. The Morgan fingerprint density at radius 2 is 2.14 bits per heavy atom. The number of rotatable bonds is 8. The highest BCUT2D eigenvalue weighted by molar-refractivity contribution is 7.98. The van der Waals surface area contributed by atoms with Crippen LogP contribution in [0.1, 0.15) is 51.9 Å². The van der Waals surface area contributed by atoms with Gasteiger partial charge in [-0.2, -0.15) is 0 Å². The first-order valence-corrected chi connectivity index (χ1v) is 6.86. The minimum absolute atomic E-state index is 0.636. The van der Waals surface area contributed by atoms with Gasteiger partial charge < -0.3 is 0 Å². The molecule has 0 aliphatic heterocycles. The Morgan fingerprint density at radius 3 is 2.64 bits per heavy atom. The summed E-state index contributed by atoms with van der Waals surface area (Å²) in [5, 5.41) is 0. The molecule has 1 rings (SSSR count). The highest BCUT2D eigenvalue weighted by Gasteiger charge is 2.35. The van der Waals surface area contributed by atoms with Gasteiger partial charge in [0.15, 0.2) is 0 Å². The molecule has 1 saturated carbocycles. The summed E-state index contributed by atoms with van der Waals surface area (Å²) in [5.74, 6) is 0. The molecule has 1 N–H and O–H groups in total. The van der Waals surface area contributed by atoms with Gasteiger partial charge in [0.1, 0.15) is 0 Å². The molecule has 14 heavy (non-hydrogen) atoms. The van der Waals surface area contributed by atoms with E-state index in [2.05, 4.69) is 11.6 Å². The second-order valence-corrected chi connectivity index (χ2v) is 5.35. The van der Waals surface area contributed by atoms with Gasteiger partial charge in [-0.3, -0.25) is 4.72 Å². The predicted octanol–water partition coefficient (Wildman–Crippen LogP) is 3.10. The zero-order valence-corrected chi connectivity index (χ0v) is 10.2.